The van der Waals surface area contributed by atoms with Crippen LogP contribution in [-0.4, -0.2) is 25.5 Å². The monoisotopic (exact) mass is 357 g/mol. The first kappa shape index (κ1) is 17.2. The molecule has 130 valence electrons. The van der Waals surface area contributed by atoms with Crippen molar-refractivity contribution in [3.8, 4) is 0 Å². The van der Waals surface area contributed by atoms with Gasteiger partial charge in [0, 0.05) is 16.9 Å². The summed E-state index contributed by atoms with van der Waals surface area (Å²) in [7, 11) is 0. The van der Waals surface area contributed by atoms with Crippen LogP contribution in [0.4, 0.5) is 5.69 Å². The first-order valence-corrected chi connectivity index (χ1v) is 8.39. The number of anilines is 1. The van der Waals surface area contributed by atoms with Crippen molar-refractivity contribution in [2.45, 2.75) is 33.9 Å². The van der Waals surface area contributed by atoms with E-state index >= 15 is 0 Å². The second kappa shape index (κ2) is 7.11. The van der Waals surface area contributed by atoms with Crippen molar-refractivity contribution in [2.24, 2.45) is 0 Å². The Kier molecular flexibility index (Phi) is 4.90. The fourth-order valence-electron chi connectivity index (χ4n) is 2.70. The number of rotatable bonds is 5. The molecular formula is C18H20ClN5O. The number of benzene rings is 1. The van der Waals surface area contributed by atoms with Crippen LogP contribution in [0.25, 0.3) is 0 Å². The zero-order chi connectivity index (χ0) is 18.0. The number of nitrogens with zero attached hydrogens (tertiary/aromatic N) is 4. The van der Waals surface area contributed by atoms with E-state index in [0.717, 1.165) is 28.3 Å². The van der Waals surface area contributed by atoms with Gasteiger partial charge in [-0.25, -0.2) is 0 Å². The van der Waals surface area contributed by atoms with Crippen LogP contribution >= 0.6 is 11.6 Å². The molecule has 2 heterocycles. The number of carbonyl (C=O) groups is 1. The van der Waals surface area contributed by atoms with E-state index in [1.807, 2.05) is 55.8 Å². The van der Waals surface area contributed by atoms with Gasteiger partial charge < -0.3 is 5.32 Å². The largest absolute Gasteiger partial charge is 0.321 e. The maximum Gasteiger partial charge on any atom is 0.246 e. The summed E-state index contributed by atoms with van der Waals surface area (Å²) < 4.78 is 3.51. The topological polar surface area (TPSA) is 64.7 Å². The van der Waals surface area contributed by atoms with E-state index in [9.17, 15) is 4.79 Å². The Balaban J connectivity index is 1.77. The minimum absolute atomic E-state index is 0.129. The zero-order valence-electron chi connectivity index (χ0n) is 14.5. The third-order valence-electron chi connectivity index (χ3n) is 4.15. The molecule has 1 N–H and O–H groups in total. The Bertz CT molecular complexity index is 912. The molecular weight excluding hydrogens is 338 g/mol. The van der Waals surface area contributed by atoms with Gasteiger partial charge >= 0.3 is 0 Å². The summed E-state index contributed by atoms with van der Waals surface area (Å²) in [5.41, 5.74) is 4.33. The molecule has 0 saturated carbocycles. The average Bonchev–Trinajstić information content (AvgIpc) is 3.08. The van der Waals surface area contributed by atoms with E-state index in [2.05, 4.69) is 15.5 Å². The summed E-state index contributed by atoms with van der Waals surface area (Å²) in [4.78, 5) is 12.3. The van der Waals surface area contributed by atoms with E-state index in [4.69, 9.17) is 11.6 Å². The molecule has 0 radical (unpaired) electrons. The standard InChI is InChI=1S/C18H20ClN5O/c1-12-8-9-20-23(12)11-17(25)21-18-13(2)22-24(14(18)3)10-15-6-4-5-7-16(15)19/h4-9H,10-11H2,1-3H3,(H,21,25). The van der Waals surface area contributed by atoms with Crippen molar-refractivity contribution < 1.29 is 4.79 Å². The molecule has 6 nitrogen and oxygen atoms in total. The number of halogens is 1. The summed E-state index contributed by atoms with van der Waals surface area (Å²) >= 11 is 6.23. The van der Waals surface area contributed by atoms with Gasteiger partial charge in [0.2, 0.25) is 5.91 Å². The summed E-state index contributed by atoms with van der Waals surface area (Å²) in [6.45, 7) is 6.46. The van der Waals surface area contributed by atoms with Gasteiger partial charge in [-0.05, 0) is 38.5 Å². The number of hydrogen-bond donors (Lipinski definition) is 1. The van der Waals surface area contributed by atoms with Crippen molar-refractivity contribution >= 4 is 23.2 Å². The van der Waals surface area contributed by atoms with Gasteiger partial charge in [0.25, 0.3) is 0 Å². The Morgan fingerprint density at radius 1 is 1.16 bits per heavy atom. The Hall–Kier alpha value is -2.60. The molecule has 0 unspecified atom stereocenters. The van der Waals surface area contributed by atoms with Crippen molar-refractivity contribution in [1.29, 1.82) is 0 Å². The first-order chi connectivity index (χ1) is 12.0. The lowest BCUT2D eigenvalue weighted by Crippen LogP contribution is -2.21. The van der Waals surface area contributed by atoms with Crippen molar-refractivity contribution in [1.82, 2.24) is 19.6 Å². The highest BCUT2D eigenvalue weighted by Gasteiger charge is 2.15. The number of nitrogens with one attached hydrogen (secondary N) is 1. The van der Waals surface area contributed by atoms with Crippen molar-refractivity contribution in [3.63, 3.8) is 0 Å². The first-order valence-electron chi connectivity index (χ1n) is 8.01. The van der Waals surface area contributed by atoms with Gasteiger partial charge in [-0.3, -0.25) is 14.2 Å². The van der Waals surface area contributed by atoms with Crippen LogP contribution in [-0.2, 0) is 17.9 Å². The van der Waals surface area contributed by atoms with Crippen LogP contribution in [0.5, 0.6) is 0 Å². The smallest absolute Gasteiger partial charge is 0.246 e. The summed E-state index contributed by atoms with van der Waals surface area (Å²) in [5, 5.41) is 12.3. The number of hydrogen-bond acceptors (Lipinski definition) is 3. The van der Waals surface area contributed by atoms with Gasteiger partial charge in [0.05, 0.1) is 23.6 Å². The molecule has 0 aliphatic heterocycles. The number of aromatic nitrogens is 4. The molecule has 0 aliphatic carbocycles. The lowest BCUT2D eigenvalue weighted by molar-refractivity contribution is -0.116. The third-order valence-corrected chi connectivity index (χ3v) is 4.51. The van der Waals surface area contributed by atoms with Gasteiger partial charge in [0.15, 0.2) is 0 Å². The van der Waals surface area contributed by atoms with E-state index < -0.39 is 0 Å². The van der Waals surface area contributed by atoms with E-state index in [-0.39, 0.29) is 12.5 Å². The fraction of sp³-hybridized carbons (Fsp3) is 0.278. The number of carbonyl (C=O) groups excluding carboxylic acids is 1. The molecule has 3 aromatic rings. The van der Waals surface area contributed by atoms with E-state index in [0.29, 0.717) is 11.6 Å². The lowest BCUT2D eigenvalue weighted by atomic mass is 10.2. The molecule has 25 heavy (non-hydrogen) atoms. The second-order valence-electron chi connectivity index (χ2n) is 5.97. The fourth-order valence-corrected chi connectivity index (χ4v) is 2.89. The third kappa shape index (κ3) is 3.74. The maximum atomic E-state index is 12.3. The van der Waals surface area contributed by atoms with Crippen LogP contribution in [0.1, 0.15) is 22.6 Å². The normalized spacial score (nSPS) is 10.9. The highest BCUT2D eigenvalue weighted by atomic mass is 35.5. The van der Waals surface area contributed by atoms with Crippen LogP contribution in [0, 0.1) is 20.8 Å². The molecule has 7 heteroatoms. The van der Waals surface area contributed by atoms with Gasteiger partial charge in [0.1, 0.15) is 6.54 Å². The molecule has 0 aliphatic rings. The minimum Gasteiger partial charge on any atom is -0.321 e. The van der Waals surface area contributed by atoms with Crippen LogP contribution < -0.4 is 5.32 Å². The molecule has 3 rings (SSSR count). The van der Waals surface area contributed by atoms with Crippen molar-refractivity contribution in [2.75, 3.05) is 5.32 Å². The van der Waals surface area contributed by atoms with E-state index in [1.54, 1.807) is 10.9 Å². The Morgan fingerprint density at radius 3 is 2.60 bits per heavy atom. The van der Waals surface area contributed by atoms with E-state index in [1.165, 1.54) is 0 Å². The van der Waals surface area contributed by atoms with Gasteiger partial charge in [-0.15, -0.1) is 0 Å². The van der Waals surface area contributed by atoms with Gasteiger partial charge in [-0.2, -0.15) is 10.2 Å². The minimum atomic E-state index is -0.129. The predicted molar refractivity (Wildman–Crippen MR) is 97.8 cm³/mol. The molecule has 0 saturated heterocycles. The van der Waals surface area contributed by atoms with Gasteiger partial charge in [-0.1, -0.05) is 29.8 Å². The molecule has 1 aromatic carbocycles. The number of amides is 1. The quantitative estimate of drug-likeness (QED) is 0.761. The van der Waals surface area contributed by atoms with Crippen LogP contribution in [0.15, 0.2) is 36.5 Å². The highest BCUT2D eigenvalue weighted by molar-refractivity contribution is 6.31. The molecule has 0 fully saturated rings. The Labute approximate surface area is 151 Å². The molecule has 1 amide bonds. The average molecular weight is 358 g/mol. The van der Waals surface area contributed by atoms with Crippen LogP contribution in [0.3, 0.4) is 0 Å². The number of aryl methyl sites for hydroxylation is 2. The van der Waals surface area contributed by atoms with Crippen molar-refractivity contribution in [3.05, 3.63) is 64.2 Å². The maximum absolute atomic E-state index is 12.3. The SMILES string of the molecule is Cc1nn(Cc2ccccc2Cl)c(C)c1NC(=O)Cn1nccc1C. The molecule has 2 aromatic heterocycles. The lowest BCUT2D eigenvalue weighted by Gasteiger charge is -2.09. The highest BCUT2D eigenvalue weighted by Crippen LogP contribution is 2.22. The van der Waals surface area contributed by atoms with Crippen LogP contribution in [0.2, 0.25) is 5.02 Å². The summed E-state index contributed by atoms with van der Waals surface area (Å²) in [6.07, 6.45) is 1.68. The second-order valence-corrected chi connectivity index (χ2v) is 6.38. The summed E-state index contributed by atoms with van der Waals surface area (Å²) in [6, 6.07) is 9.54. The predicted octanol–water partition coefficient (Wildman–Crippen LogP) is 3.35. The molecule has 0 atom stereocenters. The molecule has 0 spiro atoms. The summed E-state index contributed by atoms with van der Waals surface area (Å²) in [5.74, 6) is -0.129. The Morgan fingerprint density at radius 2 is 1.92 bits per heavy atom. The zero-order valence-corrected chi connectivity index (χ0v) is 15.2. The molecule has 0 bridgehead atoms.